The predicted molar refractivity (Wildman–Crippen MR) is 80.8 cm³/mol. The first kappa shape index (κ1) is 16.3. The summed E-state index contributed by atoms with van der Waals surface area (Å²) < 4.78 is 5.49. The molecule has 2 amide bonds. The molecule has 2 heterocycles. The van der Waals surface area contributed by atoms with Crippen molar-refractivity contribution in [2.24, 2.45) is 5.92 Å². The molecule has 2 aliphatic rings. The summed E-state index contributed by atoms with van der Waals surface area (Å²) in [4.78, 5) is 25.9. The first-order chi connectivity index (χ1) is 10.1. The predicted octanol–water partition coefficient (Wildman–Crippen LogP) is 1.71. The Hall–Kier alpha value is -1.10. The number of rotatable bonds is 6. The van der Waals surface area contributed by atoms with E-state index in [0.717, 1.165) is 38.8 Å². The van der Waals surface area contributed by atoms with E-state index in [9.17, 15) is 9.59 Å². The third kappa shape index (κ3) is 4.70. The lowest BCUT2D eigenvalue weighted by Crippen LogP contribution is -2.48. The highest BCUT2D eigenvalue weighted by Gasteiger charge is 2.36. The highest BCUT2D eigenvalue weighted by molar-refractivity contribution is 5.79. The molecule has 0 aromatic heterocycles. The quantitative estimate of drug-likeness (QED) is 0.759. The Morgan fingerprint density at radius 2 is 2.24 bits per heavy atom. The molecule has 0 bridgehead atoms. The molecule has 0 radical (unpaired) electrons. The molecule has 0 spiro atoms. The highest BCUT2D eigenvalue weighted by atomic mass is 16.5. The van der Waals surface area contributed by atoms with Crippen molar-refractivity contribution < 1.29 is 14.3 Å². The number of nitrogens with zero attached hydrogens (tertiary/aromatic N) is 1. The van der Waals surface area contributed by atoms with Crippen LogP contribution in [0.15, 0.2) is 0 Å². The minimum atomic E-state index is 0.128. The maximum Gasteiger partial charge on any atom is 0.222 e. The van der Waals surface area contributed by atoms with Crippen molar-refractivity contribution in [1.29, 1.82) is 0 Å². The van der Waals surface area contributed by atoms with E-state index in [1.165, 1.54) is 0 Å². The number of likely N-dealkylation sites (tertiary alicyclic amines) is 1. The Kier molecular flexibility index (Phi) is 6.03. The van der Waals surface area contributed by atoms with E-state index in [2.05, 4.69) is 5.32 Å². The zero-order chi connectivity index (χ0) is 15.2. The lowest BCUT2D eigenvalue weighted by atomic mass is 9.89. The lowest BCUT2D eigenvalue weighted by Gasteiger charge is -2.39. The Morgan fingerprint density at radius 3 is 2.90 bits per heavy atom. The number of ether oxygens (including phenoxy) is 1. The van der Waals surface area contributed by atoms with Crippen LogP contribution in [0.25, 0.3) is 0 Å². The molecule has 21 heavy (non-hydrogen) atoms. The average molecular weight is 296 g/mol. The van der Waals surface area contributed by atoms with E-state index < -0.39 is 0 Å². The van der Waals surface area contributed by atoms with Crippen LogP contribution in [-0.4, -0.2) is 48.6 Å². The highest BCUT2D eigenvalue weighted by Crippen LogP contribution is 2.28. The number of carbonyl (C=O) groups excluding carboxylic acids is 2. The van der Waals surface area contributed by atoms with Crippen molar-refractivity contribution >= 4 is 11.8 Å². The molecule has 0 aliphatic carbocycles. The van der Waals surface area contributed by atoms with Gasteiger partial charge in [-0.25, -0.2) is 0 Å². The number of hydrogen-bond donors (Lipinski definition) is 1. The summed E-state index contributed by atoms with van der Waals surface area (Å²) >= 11 is 0. The first-order valence-corrected chi connectivity index (χ1v) is 8.25. The molecule has 2 unspecified atom stereocenters. The van der Waals surface area contributed by atoms with Crippen LogP contribution < -0.4 is 5.32 Å². The summed E-state index contributed by atoms with van der Waals surface area (Å²) in [5.41, 5.74) is 0. The van der Waals surface area contributed by atoms with Crippen molar-refractivity contribution in [3.8, 4) is 0 Å². The number of carbonyl (C=O) groups is 2. The fraction of sp³-hybridized carbons (Fsp3) is 0.875. The Labute approximate surface area is 127 Å². The summed E-state index contributed by atoms with van der Waals surface area (Å²) in [6.07, 6.45) is 5.41. The molecule has 1 N–H and O–H groups in total. The van der Waals surface area contributed by atoms with Gasteiger partial charge in [-0.2, -0.15) is 0 Å². The molecule has 5 heteroatoms. The van der Waals surface area contributed by atoms with Crippen LogP contribution in [0.5, 0.6) is 0 Å². The Balaban J connectivity index is 1.83. The zero-order valence-electron chi connectivity index (χ0n) is 13.3. The van der Waals surface area contributed by atoms with Crippen molar-refractivity contribution in [3.05, 3.63) is 0 Å². The fourth-order valence-corrected chi connectivity index (χ4v) is 3.34. The van der Waals surface area contributed by atoms with Crippen LogP contribution in [0.3, 0.4) is 0 Å². The van der Waals surface area contributed by atoms with Gasteiger partial charge in [0, 0.05) is 44.5 Å². The minimum absolute atomic E-state index is 0.128. The maximum atomic E-state index is 12.5. The molecule has 2 fully saturated rings. The number of amides is 2. The molecule has 2 atom stereocenters. The minimum Gasteiger partial charge on any atom is -0.379 e. The van der Waals surface area contributed by atoms with Gasteiger partial charge in [0.15, 0.2) is 0 Å². The largest absolute Gasteiger partial charge is 0.379 e. The van der Waals surface area contributed by atoms with Gasteiger partial charge in [0.2, 0.25) is 11.8 Å². The smallest absolute Gasteiger partial charge is 0.222 e. The molecule has 5 nitrogen and oxygen atoms in total. The second-order valence-corrected chi connectivity index (χ2v) is 6.44. The van der Waals surface area contributed by atoms with Gasteiger partial charge in [-0.3, -0.25) is 9.59 Å². The van der Waals surface area contributed by atoms with Crippen LogP contribution in [0.1, 0.15) is 52.4 Å². The molecular weight excluding hydrogens is 268 g/mol. The average Bonchev–Trinajstić information content (AvgIpc) is 2.89. The molecule has 2 saturated heterocycles. The van der Waals surface area contributed by atoms with Crippen molar-refractivity contribution in [2.75, 3.05) is 19.7 Å². The maximum absolute atomic E-state index is 12.5. The van der Waals surface area contributed by atoms with Gasteiger partial charge in [0.25, 0.3) is 0 Å². The van der Waals surface area contributed by atoms with Gasteiger partial charge in [0.1, 0.15) is 0 Å². The van der Waals surface area contributed by atoms with Gasteiger partial charge in [-0.15, -0.1) is 0 Å². The third-order valence-electron chi connectivity index (χ3n) is 4.41. The van der Waals surface area contributed by atoms with Crippen LogP contribution >= 0.6 is 0 Å². The number of hydrogen-bond acceptors (Lipinski definition) is 3. The van der Waals surface area contributed by atoms with E-state index in [-0.39, 0.29) is 24.0 Å². The molecule has 0 saturated carbocycles. The van der Waals surface area contributed by atoms with E-state index in [0.29, 0.717) is 25.4 Å². The standard InChI is InChI=1S/C16H28N2O3/c1-12(2)21-9-5-7-16(20)18-8-4-3-6-14(18)13-10-15(19)17-11-13/h12-14H,3-11H2,1-2H3,(H,17,19). The Morgan fingerprint density at radius 1 is 1.43 bits per heavy atom. The van der Waals surface area contributed by atoms with Crippen molar-refractivity contribution in [1.82, 2.24) is 10.2 Å². The topological polar surface area (TPSA) is 58.6 Å². The van der Waals surface area contributed by atoms with Crippen LogP contribution in [-0.2, 0) is 14.3 Å². The van der Waals surface area contributed by atoms with Gasteiger partial charge >= 0.3 is 0 Å². The Bertz CT molecular complexity index is 371. The summed E-state index contributed by atoms with van der Waals surface area (Å²) in [6.45, 7) is 6.23. The lowest BCUT2D eigenvalue weighted by molar-refractivity contribution is -0.137. The third-order valence-corrected chi connectivity index (χ3v) is 4.41. The SMILES string of the molecule is CC(C)OCCCC(=O)N1CCCCC1C1CNC(=O)C1. The zero-order valence-corrected chi connectivity index (χ0v) is 13.3. The molecular formula is C16H28N2O3. The second-order valence-electron chi connectivity index (χ2n) is 6.44. The summed E-state index contributed by atoms with van der Waals surface area (Å²) in [7, 11) is 0. The van der Waals surface area contributed by atoms with Gasteiger partial charge < -0.3 is 15.0 Å². The van der Waals surface area contributed by atoms with E-state index in [4.69, 9.17) is 4.74 Å². The summed E-state index contributed by atoms with van der Waals surface area (Å²) in [6, 6.07) is 0.246. The monoisotopic (exact) mass is 296 g/mol. The van der Waals surface area contributed by atoms with Crippen LogP contribution in [0.2, 0.25) is 0 Å². The number of piperidine rings is 1. The molecule has 2 aliphatic heterocycles. The van der Waals surface area contributed by atoms with E-state index in [1.807, 2.05) is 18.7 Å². The normalized spacial score (nSPS) is 26.2. The van der Waals surface area contributed by atoms with Crippen LogP contribution in [0, 0.1) is 5.92 Å². The van der Waals surface area contributed by atoms with Crippen molar-refractivity contribution in [3.63, 3.8) is 0 Å². The van der Waals surface area contributed by atoms with Gasteiger partial charge in [0.05, 0.1) is 6.10 Å². The summed E-state index contributed by atoms with van der Waals surface area (Å²) in [5.74, 6) is 0.656. The first-order valence-electron chi connectivity index (χ1n) is 8.25. The second kappa shape index (κ2) is 7.78. The molecule has 120 valence electrons. The van der Waals surface area contributed by atoms with Crippen molar-refractivity contribution in [2.45, 2.75) is 64.5 Å². The summed E-state index contributed by atoms with van der Waals surface area (Å²) in [5, 5.41) is 2.89. The van der Waals surface area contributed by atoms with Gasteiger partial charge in [-0.05, 0) is 39.5 Å². The number of nitrogens with one attached hydrogen (secondary N) is 1. The van der Waals surface area contributed by atoms with Gasteiger partial charge in [-0.1, -0.05) is 0 Å². The van der Waals surface area contributed by atoms with E-state index >= 15 is 0 Å². The molecule has 0 aromatic rings. The fourth-order valence-electron chi connectivity index (χ4n) is 3.34. The molecule has 2 rings (SSSR count). The molecule has 0 aromatic carbocycles. The van der Waals surface area contributed by atoms with E-state index in [1.54, 1.807) is 0 Å². The van der Waals surface area contributed by atoms with Crippen LogP contribution in [0.4, 0.5) is 0 Å².